The molecule has 6 rings (SSSR count). The van der Waals surface area contributed by atoms with Gasteiger partial charge in [0.05, 0.1) is 13.2 Å². The number of amides is 1. The Balaban J connectivity index is 1.18. The summed E-state index contributed by atoms with van der Waals surface area (Å²) < 4.78 is 33.0. The summed E-state index contributed by atoms with van der Waals surface area (Å²) in [6.07, 6.45) is 8.33. The number of aryl methyl sites for hydroxylation is 2. The molecule has 9 nitrogen and oxygen atoms in total. The van der Waals surface area contributed by atoms with Crippen LogP contribution in [0.1, 0.15) is 60.0 Å². The van der Waals surface area contributed by atoms with Crippen LogP contribution in [0.25, 0.3) is 0 Å². The molecule has 2 N–H and O–H groups in total. The molecule has 2 aliphatic rings. The number of rotatable bonds is 14. The number of aromatic nitrogens is 2. The van der Waals surface area contributed by atoms with Crippen LogP contribution in [0.5, 0.6) is 23.1 Å². The SMILES string of the molecule is Cc1cccc(C)c1NC(=O)c1cnc(Nc2ccc(OCCCN3CCCCC3)c(F)c2)nc1Oc1ccccc1OCC1CC1. The van der Waals surface area contributed by atoms with Crippen LogP contribution in [-0.4, -0.2) is 53.6 Å². The number of carbonyl (C=O) groups is 1. The molecule has 1 aromatic heterocycles. The summed E-state index contributed by atoms with van der Waals surface area (Å²) in [5.41, 5.74) is 3.12. The van der Waals surface area contributed by atoms with Crippen LogP contribution in [0.2, 0.25) is 0 Å². The second kappa shape index (κ2) is 15.3. The third kappa shape index (κ3) is 8.77. The van der Waals surface area contributed by atoms with Crippen molar-refractivity contribution in [2.45, 2.75) is 52.4 Å². The van der Waals surface area contributed by atoms with Gasteiger partial charge in [-0.15, -0.1) is 0 Å². The molecule has 1 amide bonds. The van der Waals surface area contributed by atoms with Crippen LogP contribution >= 0.6 is 0 Å². The van der Waals surface area contributed by atoms with Crippen LogP contribution in [0.15, 0.2) is 66.9 Å². The monoisotopic (exact) mass is 639 g/mol. The maximum atomic E-state index is 15.0. The van der Waals surface area contributed by atoms with Gasteiger partial charge < -0.3 is 29.7 Å². The molecule has 10 heteroatoms. The van der Waals surface area contributed by atoms with E-state index in [1.807, 2.05) is 50.2 Å². The lowest BCUT2D eigenvalue weighted by molar-refractivity contribution is 0.102. The lowest BCUT2D eigenvalue weighted by atomic mass is 10.1. The Labute approximate surface area is 275 Å². The van der Waals surface area contributed by atoms with Crippen molar-refractivity contribution < 1.29 is 23.4 Å². The second-order valence-electron chi connectivity index (χ2n) is 12.3. The zero-order valence-corrected chi connectivity index (χ0v) is 27.1. The number of halogens is 1. The van der Waals surface area contributed by atoms with Crippen LogP contribution in [0, 0.1) is 25.6 Å². The van der Waals surface area contributed by atoms with Crippen molar-refractivity contribution in [1.29, 1.82) is 0 Å². The highest BCUT2D eigenvalue weighted by atomic mass is 19.1. The highest BCUT2D eigenvalue weighted by molar-refractivity contribution is 6.06. The average Bonchev–Trinajstić information content (AvgIpc) is 3.91. The van der Waals surface area contributed by atoms with Crippen LogP contribution in [-0.2, 0) is 0 Å². The zero-order valence-electron chi connectivity index (χ0n) is 27.1. The number of nitrogens with zero attached hydrogens (tertiary/aromatic N) is 3. The van der Waals surface area contributed by atoms with Gasteiger partial charge in [-0.1, -0.05) is 36.8 Å². The smallest absolute Gasteiger partial charge is 0.262 e. The Morgan fingerprint density at radius 2 is 1.70 bits per heavy atom. The van der Waals surface area contributed by atoms with Gasteiger partial charge in [-0.05, 0) is 100 Å². The van der Waals surface area contributed by atoms with E-state index in [-0.39, 0.29) is 23.1 Å². The summed E-state index contributed by atoms with van der Waals surface area (Å²) in [7, 11) is 0. The summed E-state index contributed by atoms with van der Waals surface area (Å²) in [5.74, 6) is 0.976. The summed E-state index contributed by atoms with van der Waals surface area (Å²) in [6, 6.07) is 17.7. The average molecular weight is 640 g/mol. The maximum absolute atomic E-state index is 15.0. The number of likely N-dealkylation sites (tertiary alicyclic amines) is 1. The van der Waals surface area contributed by atoms with Crippen molar-refractivity contribution in [3.8, 4) is 23.1 Å². The fourth-order valence-electron chi connectivity index (χ4n) is 5.58. The topological polar surface area (TPSA) is 97.8 Å². The summed E-state index contributed by atoms with van der Waals surface area (Å²) >= 11 is 0. The lowest BCUT2D eigenvalue weighted by Crippen LogP contribution is -2.31. The molecule has 246 valence electrons. The van der Waals surface area contributed by atoms with Gasteiger partial charge in [-0.3, -0.25) is 4.79 Å². The van der Waals surface area contributed by atoms with Gasteiger partial charge in [0.25, 0.3) is 5.91 Å². The number of ether oxygens (including phenoxy) is 3. The Morgan fingerprint density at radius 3 is 2.45 bits per heavy atom. The second-order valence-corrected chi connectivity index (χ2v) is 12.3. The molecule has 1 aliphatic carbocycles. The summed E-state index contributed by atoms with van der Waals surface area (Å²) in [4.78, 5) is 25.0. The van der Waals surface area contributed by atoms with Crippen LogP contribution < -0.4 is 24.8 Å². The molecule has 0 atom stereocenters. The third-order valence-corrected chi connectivity index (χ3v) is 8.46. The normalized spacial score (nSPS) is 14.8. The number of para-hydroxylation sites is 3. The largest absolute Gasteiger partial charge is 0.490 e. The fourth-order valence-corrected chi connectivity index (χ4v) is 5.58. The Bertz CT molecular complexity index is 1670. The number of piperidine rings is 1. The molecule has 2 heterocycles. The first-order valence-electron chi connectivity index (χ1n) is 16.5. The molecule has 1 saturated carbocycles. The number of anilines is 3. The Hall–Kier alpha value is -4.70. The van der Waals surface area contributed by atoms with Crippen molar-refractivity contribution in [3.63, 3.8) is 0 Å². The summed E-state index contributed by atoms with van der Waals surface area (Å²) in [6.45, 7) is 8.12. The Kier molecular flexibility index (Phi) is 10.5. The van der Waals surface area contributed by atoms with E-state index in [1.165, 1.54) is 31.5 Å². The lowest BCUT2D eigenvalue weighted by Gasteiger charge is -2.26. The van der Waals surface area contributed by atoms with Crippen LogP contribution in [0.4, 0.5) is 21.7 Å². The highest BCUT2D eigenvalue weighted by Gasteiger charge is 2.24. The van der Waals surface area contributed by atoms with E-state index < -0.39 is 11.7 Å². The van der Waals surface area contributed by atoms with Crippen molar-refractivity contribution in [2.24, 2.45) is 5.92 Å². The number of nitrogens with one attached hydrogen (secondary N) is 2. The van der Waals surface area contributed by atoms with E-state index in [2.05, 4.69) is 25.5 Å². The minimum absolute atomic E-state index is 0.0304. The molecule has 1 aliphatic heterocycles. The highest BCUT2D eigenvalue weighted by Crippen LogP contribution is 2.36. The molecule has 0 bridgehead atoms. The maximum Gasteiger partial charge on any atom is 0.262 e. The third-order valence-electron chi connectivity index (χ3n) is 8.46. The van der Waals surface area contributed by atoms with Crippen LogP contribution in [0.3, 0.4) is 0 Å². The zero-order chi connectivity index (χ0) is 32.6. The Morgan fingerprint density at radius 1 is 0.936 bits per heavy atom. The van der Waals surface area contributed by atoms with Crippen molar-refractivity contribution in [3.05, 3.63) is 89.4 Å². The first kappa shape index (κ1) is 32.2. The van der Waals surface area contributed by atoms with Gasteiger partial charge in [0.2, 0.25) is 11.8 Å². The first-order chi connectivity index (χ1) is 22.9. The molecular formula is C37H42FN5O4. The van der Waals surface area contributed by atoms with Gasteiger partial charge in [-0.25, -0.2) is 9.37 Å². The number of hydrogen-bond donors (Lipinski definition) is 2. The van der Waals surface area contributed by atoms with Gasteiger partial charge in [0.15, 0.2) is 23.1 Å². The van der Waals surface area contributed by atoms with E-state index in [9.17, 15) is 4.79 Å². The van der Waals surface area contributed by atoms with Crippen molar-refractivity contribution in [1.82, 2.24) is 14.9 Å². The molecule has 4 aromatic rings. The predicted octanol–water partition coefficient (Wildman–Crippen LogP) is 8.06. The molecule has 0 radical (unpaired) electrons. The quantitative estimate of drug-likeness (QED) is 0.134. The minimum Gasteiger partial charge on any atom is -0.490 e. The molecule has 47 heavy (non-hydrogen) atoms. The summed E-state index contributed by atoms with van der Waals surface area (Å²) in [5, 5.41) is 6.03. The van der Waals surface area contributed by atoms with E-state index in [0.29, 0.717) is 42.0 Å². The van der Waals surface area contributed by atoms with Gasteiger partial charge in [0.1, 0.15) is 5.56 Å². The van der Waals surface area contributed by atoms with E-state index in [0.717, 1.165) is 50.0 Å². The van der Waals surface area contributed by atoms with Gasteiger partial charge in [0, 0.05) is 30.2 Å². The number of hydrogen-bond acceptors (Lipinski definition) is 8. The molecule has 0 unspecified atom stereocenters. The molecule has 2 fully saturated rings. The fraction of sp³-hybridized carbons (Fsp3) is 0.378. The van der Waals surface area contributed by atoms with E-state index in [4.69, 9.17) is 14.2 Å². The number of benzene rings is 3. The predicted molar refractivity (Wildman–Crippen MR) is 181 cm³/mol. The standard InChI is InChI=1S/C37H42FN5O4/c1-25-10-8-11-26(2)34(25)41-35(44)29-23-39-37(42-36(29)47-33-13-5-4-12-32(33)46-24-27-14-15-27)40-28-16-17-31(30(38)22-28)45-21-9-20-43-18-6-3-7-19-43/h4-5,8,10-13,16-17,22-23,27H,3,6-7,9,14-15,18-21,24H2,1-2H3,(H,41,44)(H,39,40,42). The molecule has 1 saturated heterocycles. The first-order valence-corrected chi connectivity index (χ1v) is 16.5. The molecule has 3 aromatic carbocycles. The molecule has 0 spiro atoms. The number of carbonyl (C=O) groups excluding carboxylic acids is 1. The van der Waals surface area contributed by atoms with E-state index >= 15 is 4.39 Å². The van der Waals surface area contributed by atoms with Crippen molar-refractivity contribution in [2.75, 3.05) is 43.5 Å². The van der Waals surface area contributed by atoms with Gasteiger partial charge >= 0.3 is 0 Å². The van der Waals surface area contributed by atoms with E-state index in [1.54, 1.807) is 18.2 Å². The van der Waals surface area contributed by atoms with Crippen molar-refractivity contribution >= 4 is 23.2 Å². The molecular weight excluding hydrogens is 597 g/mol. The minimum atomic E-state index is -0.490. The van der Waals surface area contributed by atoms with Gasteiger partial charge in [-0.2, -0.15) is 4.98 Å².